The van der Waals surface area contributed by atoms with Crippen LogP contribution in [0.5, 0.6) is 0 Å². The Bertz CT molecular complexity index is 300. The molecule has 1 aromatic rings. The van der Waals surface area contributed by atoms with E-state index >= 15 is 0 Å². The molecular formula is C13H19N. The van der Waals surface area contributed by atoms with Crippen LogP contribution in [0.15, 0.2) is 29.3 Å². The van der Waals surface area contributed by atoms with E-state index in [2.05, 4.69) is 44.0 Å². The summed E-state index contributed by atoms with van der Waals surface area (Å²) in [6, 6.07) is 8.36. The van der Waals surface area contributed by atoms with Gasteiger partial charge in [-0.1, -0.05) is 45.4 Å². The molecule has 0 atom stereocenters. The molecule has 0 amide bonds. The summed E-state index contributed by atoms with van der Waals surface area (Å²) in [6.45, 7) is 6.57. The topological polar surface area (TPSA) is 12.4 Å². The summed E-state index contributed by atoms with van der Waals surface area (Å²) in [4.78, 5) is 4.49. The number of rotatable bonds is 4. The monoisotopic (exact) mass is 189 g/mol. The van der Waals surface area contributed by atoms with Gasteiger partial charge in [-0.15, -0.1) is 0 Å². The minimum Gasteiger partial charge on any atom is -0.261 e. The van der Waals surface area contributed by atoms with Gasteiger partial charge in [-0.2, -0.15) is 0 Å². The van der Waals surface area contributed by atoms with E-state index in [-0.39, 0.29) is 0 Å². The molecule has 1 nitrogen and oxygen atoms in total. The van der Waals surface area contributed by atoms with Gasteiger partial charge >= 0.3 is 0 Å². The maximum absolute atomic E-state index is 4.49. The standard InChI is InChI=1S/C13H19N/c1-4-5-10-14-13-9-7-6-8-12(13)11(2)3/h6-11H,4-5H2,1-3H3. The third-order valence-corrected chi connectivity index (χ3v) is 2.21. The highest BCUT2D eigenvalue weighted by atomic mass is 14.7. The number of unbranched alkanes of at least 4 members (excludes halogenated alkanes) is 1. The van der Waals surface area contributed by atoms with Gasteiger partial charge in [0, 0.05) is 6.21 Å². The molecule has 0 radical (unpaired) electrons. The van der Waals surface area contributed by atoms with Gasteiger partial charge < -0.3 is 0 Å². The summed E-state index contributed by atoms with van der Waals surface area (Å²) >= 11 is 0. The Morgan fingerprint density at radius 2 is 2.00 bits per heavy atom. The van der Waals surface area contributed by atoms with Crippen LogP contribution in [0.3, 0.4) is 0 Å². The normalized spacial score (nSPS) is 11.4. The lowest BCUT2D eigenvalue weighted by atomic mass is 10.0. The summed E-state index contributed by atoms with van der Waals surface area (Å²) < 4.78 is 0. The molecule has 1 heteroatoms. The zero-order valence-electron chi connectivity index (χ0n) is 9.33. The number of hydrogen-bond acceptors (Lipinski definition) is 1. The molecule has 0 saturated carbocycles. The summed E-state index contributed by atoms with van der Waals surface area (Å²) in [5.74, 6) is 0.546. The number of nitrogens with zero attached hydrogens (tertiary/aromatic N) is 1. The minimum atomic E-state index is 0.546. The van der Waals surface area contributed by atoms with Gasteiger partial charge in [0.2, 0.25) is 0 Å². The minimum absolute atomic E-state index is 0.546. The second-order valence-corrected chi connectivity index (χ2v) is 3.81. The first-order valence-electron chi connectivity index (χ1n) is 5.37. The van der Waals surface area contributed by atoms with E-state index in [1.165, 1.54) is 5.56 Å². The average Bonchev–Trinajstić information content (AvgIpc) is 2.19. The molecule has 0 fully saturated rings. The van der Waals surface area contributed by atoms with Crippen molar-refractivity contribution in [1.29, 1.82) is 0 Å². The van der Waals surface area contributed by atoms with Crippen molar-refractivity contribution < 1.29 is 0 Å². The van der Waals surface area contributed by atoms with E-state index in [0.717, 1.165) is 18.5 Å². The average molecular weight is 189 g/mol. The van der Waals surface area contributed by atoms with Crippen molar-refractivity contribution in [3.8, 4) is 0 Å². The largest absolute Gasteiger partial charge is 0.261 e. The lowest BCUT2D eigenvalue weighted by Gasteiger charge is -2.08. The third kappa shape index (κ3) is 2.99. The molecular weight excluding hydrogens is 170 g/mol. The lowest BCUT2D eigenvalue weighted by molar-refractivity contribution is 0.867. The summed E-state index contributed by atoms with van der Waals surface area (Å²) in [5.41, 5.74) is 2.45. The Hall–Kier alpha value is -1.11. The Balaban J connectivity index is 2.84. The van der Waals surface area contributed by atoms with Crippen LogP contribution in [-0.2, 0) is 0 Å². The van der Waals surface area contributed by atoms with Gasteiger partial charge in [-0.3, -0.25) is 4.99 Å². The van der Waals surface area contributed by atoms with Crippen molar-refractivity contribution >= 4 is 11.9 Å². The number of hydrogen-bond donors (Lipinski definition) is 0. The van der Waals surface area contributed by atoms with E-state index in [1.807, 2.05) is 12.3 Å². The maximum Gasteiger partial charge on any atom is 0.0660 e. The molecule has 0 aliphatic carbocycles. The molecule has 0 spiro atoms. The van der Waals surface area contributed by atoms with Crippen LogP contribution in [0, 0.1) is 0 Å². The second-order valence-electron chi connectivity index (χ2n) is 3.81. The quantitative estimate of drug-likeness (QED) is 0.626. The van der Waals surface area contributed by atoms with Crippen LogP contribution in [0.4, 0.5) is 5.69 Å². The molecule has 0 bridgehead atoms. The highest BCUT2D eigenvalue weighted by Crippen LogP contribution is 2.25. The number of benzene rings is 1. The smallest absolute Gasteiger partial charge is 0.0660 e. The van der Waals surface area contributed by atoms with Crippen LogP contribution >= 0.6 is 0 Å². The number of aliphatic imine (C=N–C) groups is 1. The van der Waals surface area contributed by atoms with Crippen LogP contribution in [-0.4, -0.2) is 6.21 Å². The highest BCUT2D eigenvalue weighted by molar-refractivity contribution is 5.64. The number of para-hydroxylation sites is 1. The van der Waals surface area contributed by atoms with Crippen molar-refractivity contribution in [3.05, 3.63) is 29.8 Å². The van der Waals surface area contributed by atoms with Crippen LogP contribution in [0.2, 0.25) is 0 Å². The van der Waals surface area contributed by atoms with E-state index in [4.69, 9.17) is 0 Å². The fourth-order valence-electron chi connectivity index (χ4n) is 1.39. The molecule has 0 aliphatic rings. The Morgan fingerprint density at radius 3 is 2.64 bits per heavy atom. The zero-order valence-corrected chi connectivity index (χ0v) is 9.33. The van der Waals surface area contributed by atoms with Gasteiger partial charge in [-0.05, 0) is 24.0 Å². The van der Waals surface area contributed by atoms with Gasteiger partial charge in [0.25, 0.3) is 0 Å². The molecule has 0 heterocycles. The van der Waals surface area contributed by atoms with Crippen LogP contribution in [0.25, 0.3) is 0 Å². The summed E-state index contributed by atoms with van der Waals surface area (Å²) in [5, 5.41) is 0. The highest BCUT2D eigenvalue weighted by Gasteiger charge is 2.02. The van der Waals surface area contributed by atoms with E-state index in [9.17, 15) is 0 Å². The molecule has 0 aromatic heterocycles. The predicted molar refractivity (Wildman–Crippen MR) is 63.6 cm³/mol. The Labute approximate surface area is 86.9 Å². The first kappa shape index (κ1) is 11.0. The van der Waals surface area contributed by atoms with Crippen molar-refractivity contribution in [2.45, 2.75) is 39.5 Å². The fraction of sp³-hybridized carbons (Fsp3) is 0.462. The van der Waals surface area contributed by atoms with Gasteiger partial charge in [-0.25, -0.2) is 0 Å². The summed E-state index contributed by atoms with van der Waals surface area (Å²) in [7, 11) is 0. The SMILES string of the molecule is CCCC=Nc1ccccc1C(C)C. The van der Waals surface area contributed by atoms with E-state index in [0.29, 0.717) is 5.92 Å². The first-order valence-corrected chi connectivity index (χ1v) is 5.37. The Morgan fingerprint density at radius 1 is 1.29 bits per heavy atom. The molecule has 1 rings (SSSR count). The fourth-order valence-corrected chi connectivity index (χ4v) is 1.39. The zero-order chi connectivity index (χ0) is 10.4. The molecule has 1 aromatic carbocycles. The third-order valence-electron chi connectivity index (χ3n) is 2.21. The predicted octanol–water partition coefficient (Wildman–Crippen LogP) is 4.31. The van der Waals surface area contributed by atoms with E-state index in [1.54, 1.807) is 0 Å². The van der Waals surface area contributed by atoms with Crippen LogP contribution in [0.1, 0.15) is 45.1 Å². The van der Waals surface area contributed by atoms with Gasteiger partial charge in [0.15, 0.2) is 0 Å². The second kappa shape index (κ2) is 5.58. The van der Waals surface area contributed by atoms with E-state index < -0.39 is 0 Å². The van der Waals surface area contributed by atoms with Gasteiger partial charge in [0.1, 0.15) is 0 Å². The summed E-state index contributed by atoms with van der Waals surface area (Å²) in [6.07, 6.45) is 4.24. The van der Waals surface area contributed by atoms with Crippen LogP contribution < -0.4 is 0 Å². The van der Waals surface area contributed by atoms with Crippen molar-refractivity contribution in [2.24, 2.45) is 4.99 Å². The maximum atomic E-state index is 4.49. The molecule has 0 saturated heterocycles. The molecule has 14 heavy (non-hydrogen) atoms. The molecule has 76 valence electrons. The van der Waals surface area contributed by atoms with Crippen molar-refractivity contribution in [3.63, 3.8) is 0 Å². The van der Waals surface area contributed by atoms with Crippen molar-refractivity contribution in [2.75, 3.05) is 0 Å². The first-order chi connectivity index (χ1) is 6.75. The molecule has 0 aliphatic heterocycles. The molecule has 0 N–H and O–H groups in total. The Kier molecular flexibility index (Phi) is 4.37. The van der Waals surface area contributed by atoms with Gasteiger partial charge in [0.05, 0.1) is 5.69 Å². The molecule has 0 unspecified atom stereocenters. The lowest BCUT2D eigenvalue weighted by Crippen LogP contribution is -1.87. The van der Waals surface area contributed by atoms with Crippen molar-refractivity contribution in [1.82, 2.24) is 0 Å².